The molecule has 2 saturated carbocycles. The molecule has 4 rings (SSSR count). The van der Waals surface area contributed by atoms with Crippen molar-refractivity contribution in [2.75, 3.05) is 7.11 Å². The van der Waals surface area contributed by atoms with Crippen LogP contribution in [-0.4, -0.2) is 28.2 Å². The van der Waals surface area contributed by atoms with E-state index >= 15 is 0 Å². The molecule has 1 N–H and O–H groups in total. The SMILES string of the molecule is CO[Si](CCC1CC2CC1C1=CNN=C(c3ccc(C)cc3)C12)OC(C)C. The number of nitrogens with zero attached hydrogens (tertiary/aromatic N) is 1. The van der Waals surface area contributed by atoms with Crippen LogP contribution in [0.2, 0.25) is 6.04 Å². The predicted molar refractivity (Wildman–Crippen MR) is 111 cm³/mol. The fourth-order valence-corrected chi connectivity index (χ4v) is 6.79. The van der Waals surface area contributed by atoms with E-state index in [4.69, 9.17) is 14.0 Å². The second-order valence-electron chi connectivity index (χ2n) is 8.49. The van der Waals surface area contributed by atoms with Crippen molar-refractivity contribution >= 4 is 15.0 Å². The summed E-state index contributed by atoms with van der Waals surface area (Å²) >= 11 is 0. The number of rotatable bonds is 7. The first-order chi connectivity index (χ1) is 13.1. The van der Waals surface area contributed by atoms with Gasteiger partial charge in [-0.3, -0.25) is 5.43 Å². The molecule has 1 aliphatic heterocycles. The third kappa shape index (κ3) is 3.78. The summed E-state index contributed by atoms with van der Waals surface area (Å²) in [6.45, 7) is 6.32. The van der Waals surface area contributed by atoms with Crippen molar-refractivity contribution in [1.29, 1.82) is 0 Å². The zero-order chi connectivity index (χ0) is 19.0. The van der Waals surface area contributed by atoms with Crippen LogP contribution in [0.3, 0.4) is 0 Å². The van der Waals surface area contributed by atoms with Gasteiger partial charge in [0, 0.05) is 25.3 Å². The van der Waals surface area contributed by atoms with Crippen LogP contribution in [0.1, 0.15) is 44.2 Å². The van der Waals surface area contributed by atoms with E-state index in [0.29, 0.717) is 11.8 Å². The standard InChI is InChI=1S/C22H31N2O2Si/c1-14(2)26-27(25-4)10-9-17-11-18-12-19(17)20-13-23-24-22(21(18)20)16-7-5-15(3)6-8-16/h5-8,13-14,17-19,21,23H,9-12H2,1-4H3. The molecular weight excluding hydrogens is 352 g/mol. The first-order valence-electron chi connectivity index (χ1n) is 10.2. The summed E-state index contributed by atoms with van der Waals surface area (Å²) in [4.78, 5) is 0. The van der Waals surface area contributed by atoms with E-state index < -0.39 is 9.28 Å². The van der Waals surface area contributed by atoms with Crippen molar-refractivity contribution in [2.24, 2.45) is 28.8 Å². The minimum Gasteiger partial charge on any atom is -0.397 e. The monoisotopic (exact) mass is 383 g/mol. The van der Waals surface area contributed by atoms with Gasteiger partial charge >= 0.3 is 9.28 Å². The van der Waals surface area contributed by atoms with Gasteiger partial charge in [0.05, 0.1) is 5.71 Å². The fourth-order valence-electron chi connectivity index (χ4n) is 5.24. The zero-order valence-corrected chi connectivity index (χ0v) is 17.9. The summed E-state index contributed by atoms with van der Waals surface area (Å²) in [6.07, 6.45) is 6.29. The van der Waals surface area contributed by atoms with E-state index in [1.165, 1.54) is 36.1 Å². The Morgan fingerprint density at radius 1 is 1.22 bits per heavy atom. The Bertz CT molecular complexity index is 728. The van der Waals surface area contributed by atoms with Crippen molar-refractivity contribution < 1.29 is 8.85 Å². The number of hydrogen-bond acceptors (Lipinski definition) is 4. The van der Waals surface area contributed by atoms with Crippen molar-refractivity contribution in [3.05, 3.63) is 47.2 Å². The van der Waals surface area contributed by atoms with Crippen LogP contribution in [0.5, 0.6) is 0 Å². The summed E-state index contributed by atoms with van der Waals surface area (Å²) in [7, 11) is 0.665. The molecule has 1 radical (unpaired) electrons. The lowest BCUT2D eigenvalue weighted by molar-refractivity contribution is 0.175. The van der Waals surface area contributed by atoms with Gasteiger partial charge in [-0.05, 0) is 75.0 Å². The second kappa shape index (κ2) is 7.90. The number of allylic oxidation sites excluding steroid dienone is 1. The van der Waals surface area contributed by atoms with E-state index in [0.717, 1.165) is 17.9 Å². The Hall–Kier alpha value is -1.43. The van der Waals surface area contributed by atoms with Crippen LogP contribution in [0.25, 0.3) is 0 Å². The lowest BCUT2D eigenvalue weighted by atomic mass is 9.74. The highest BCUT2D eigenvalue weighted by atomic mass is 28.3. The molecule has 2 fully saturated rings. The highest BCUT2D eigenvalue weighted by Crippen LogP contribution is 2.57. The maximum Gasteiger partial charge on any atom is 0.384 e. The lowest BCUT2D eigenvalue weighted by Crippen LogP contribution is -2.33. The first kappa shape index (κ1) is 18.9. The van der Waals surface area contributed by atoms with Gasteiger partial charge in [0.25, 0.3) is 0 Å². The molecule has 4 atom stereocenters. The average Bonchev–Trinajstić information content (AvgIpc) is 3.24. The van der Waals surface area contributed by atoms with Crippen molar-refractivity contribution in [2.45, 2.75) is 52.2 Å². The summed E-state index contributed by atoms with van der Waals surface area (Å²) in [5.74, 6) is 2.71. The predicted octanol–water partition coefficient (Wildman–Crippen LogP) is 4.41. The van der Waals surface area contributed by atoms with Gasteiger partial charge in [-0.25, -0.2) is 0 Å². The number of benzene rings is 1. The van der Waals surface area contributed by atoms with Crippen LogP contribution in [0.15, 0.2) is 41.1 Å². The number of fused-ring (bicyclic) bond motifs is 5. The summed E-state index contributed by atoms with van der Waals surface area (Å²) in [5.41, 5.74) is 8.59. The minimum absolute atomic E-state index is 0.252. The quantitative estimate of drug-likeness (QED) is 0.709. The molecule has 0 aromatic heterocycles. The molecule has 27 heavy (non-hydrogen) atoms. The molecule has 1 heterocycles. The molecule has 2 bridgehead atoms. The molecule has 2 aliphatic carbocycles. The van der Waals surface area contributed by atoms with Crippen molar-refractivity contribution in [3.8, 4) is 0 Å². The second-order valence-corrected chi connectivity index (χ2v) is 10.4. The number of aryl methyl sites for hydroxylation is 1. The van der Waals surface area contributed by atoms with Crippen LogP contribution < -0.4 is 5.43 Å². The highest BCUT2D eigenvalue weighted by Gasteiger charge is 2.51. The molecule has 4 unspecified atom stereocenters. The van der Waals surface area contributed by atoms with Crippen LogP contribution in [0, 0.1) is 30.6 Å². The largest absolute Gasteiger partial charge is 0.397 e. The van der Waals surface area contributed by atoms with Crippen LogP contribution in [0.4, 0.5) is 0 Å². The molecule has 3 aliphatic rings. The number of nitrogens with one attached hydrogen (secondary N) is 1. The van der Waals surface area contributed by atoms with E-state index in [9.17, 15) is 0 Å². The van der Waals surface area contributed by atoms with E-state index in [-0.39, 0.29) is 6.10 Å². The fraction of sp³-hybridized carbons (Fsp3) is 0.591. The van der Waals surface area contributed by atoms with Gasteiger partial charge in [0.15, 0.2) is 0 Å². The first-order valence-corrected chi connectivity index (χ1v) is 11.8. The Balaban J connectivity index is 1.43. The Labute approximate surface area is 164 Å². The number of hydrogen-bond donors (Lipinski definition) is 1. The van der Waals surface area contributed by atoms with Gasteiger partial charge in [-0.2, -0.15) is 5.10 Å². The molecule has 0 spiro atoms. The highest BCUT2D eigenvalue weighted by molar-refractivity contribution is 6.44. The van der Waals surface area contributed by atoms with E-state index in [2.05, 4.69) is 56.7 Å². The van der Waals surface area contributed by atoms with Crippen molar-refractivity contribution in [1.82, 2.24) is 5.43 Å². The van der Waals surface area contributed by atoms with E-state index in [1.54, 1.807) is 12.7 Å². The maximum atomic E-state index is 5.96. The minimum atomic E-state index is -1.13. The van der Waals surface area contributed by atoms with Crippen molar-refractivity contribution in [3.63, 3.8) is 0 Å². The smallest absolute Gasteiger partial charge is 0.384 e. The Morgan fingerprint density at radius 3 is 2.70 bits per heavy atom. The van der Waals surface area contributed by atoms with Crippen LogP contribution >= 0.6 is 0 Å². The molecule has 5 heteroatoms. The molecule has 4 nitrogen and oxygen atoms in total. The van der Waals surface area contributed by atoms with Gasteiger partial charge in [-0.1, -0.05) is 29.8 Å². The van der Waals surface area contributed by atoms with E-state index in [1.807, 2.05) is 0 Å². The molecular formula is C22H31N2O2Si. The van der Waals surface area contributed by atoms with Crippen LogP contribution in [-0.2, 0) is 8.85 Å². The normalized spacial score (nSPS) is 29.0. The number of hydrazone groups is 1. The Kier molecular flexibility index (Phi) is 5.53. The summed E-state index contributed by atoms with van der Waals surface area (Å²) < 4.78 is 11.6. The summed E-state index contributed by atoms with van der Waals surface area (Å²) in [5, 5.41) is 4.69. The molecule has 1 aromatic carbocycles. The lowest BCUT2D eigenvalue weighted by Gasteiger charge is -2.34. The van der Waals surface area contributed by atoms with Gasteiger partial charge in [-0.15, -0.1) is 0 Å². The van der Waals surface area contributed by atoms with Gasteiger partial charge in [0.2, 0.25) is 0 Å². The maximum absolute atomic E-state index is 5.96. The summed E-state index contributed by atoms with van der Waals surface area (Å²) in [6, 6.07) is 9.90. The third-order valence-electron chi connectivity index (χ3n) is 6.36. The topological polar surface area (TPSA) is 42.8 Å². The molecule has 0 saturated heterocycles. The van der Waals surface area contributed by atoms with Gasteiger partial charge in [0.1, 0.15) is 0 Å². The third-order valence-corrected chi connectivity index (χ3v) is 8.25. The zero-order valence-electron chi connectivity index (χ0n) is 16.9. The molecule has 0 amide bonds. The molecule has 145 valence electrons. The molecule has 1 aromatic rings. The average molecular weight is 384 g/mol. The Morgan fingerprint density at radius 2 is 2.00 bits per heavy atom. The van der Waals surface area contributed by atoms with Gasteiger partial charge < -0.3 is 8.85 Å².